The fourth-order valence-corrected chi connectivity index (χ4v) is 2.79. The van der Waals surface area contributed by atoms with Crippen molar-refractivity contribution in [3.63, 3.8) is 0 Å². The zero-order chi connectivity index (χ0) is 9.47. The van der Waals surface area contributed by atoms with Crippen molar-refractivity contribution in [2.75, 3.05) is 6.61 Å². The van der Waals surface area contributed by atoms with Gasteiger partial charge in [0, 0.05) is 11.3 Å². The summed E-state index contributed by atoms with van der Waals surface area (Å²) < 4.78 is 5.64. The van der Waals surface area contributed by atoms with E-state index in [-0.39, 0.29) is 5.60 Å². The van der Waals surface area contributed by atoms with E-state index < -0.39 is 0 Å². The molecule has 0 aliphatic carbocycles. The lowest BCUT2D eigenvalue weighted by Gasteiger charge is -2.30. The minimum atomic E-state index is -0.217. The van der Waals surface area contributed by atoms with E-state index in [0.29, 0.717) is 0 Å². The van der Waals surface area contributed by atoms with Gasteiger partial charge in [-0.2, -0.15) is 0 Å². The molecule has 2 heterocycles. The average Bonchev–Trinajstić information content (AvgIpc) is 2.48. The Morgan fingerprint density at radius 1 is 1.62 bits per heavy atom. The molecule has 3 heteroatoms. The van der Waals surface area contributed by atoms with E-state index in [1.807, 2.05) is 19.9 Å². The van der Waals surface area contributed by atoms with Gasteiger partial charge >= 0.3 is 0 Å². The molecule has 0 N–H and O–H groups in total. The summed E-state index contributed by atoms with van der Waals surface area (Å²) in [4.78, 5) is 12.7. The van der Waals surface area contributed by atoms with Crippen LogP contribution in [-0.2, 0) is 16.8 Å². The zero-order valence-corrected chi connectivity index (χ0v) is 8.61. The monoisotopic (exact) mass is 196 g/mol. The van der Waals surface area contributed by atoms with Crippen molar-refractivity contribution in [2.24, 2.45) is 0 Å². The predicted molar refractivity (Wildman–Crippen MR) is 52.4 cm³/mol. The Kier molecular flexibility index (Phi) is 2.00. The molecule has 1 aromatic heterocycles. The second-order valence-electron chi connectivity index (χ2n) is 3.71. The van der Waals surface area contributed by atoms with Crippen molar-refractivity contribution >= 4 is 17.6 Å². The molecule has 0 bridgehead atoms. The molecule has 0 amide bonds. The standard InChI is InChI=1S/C10H12O2S/c1-10(2)8-5-7(6-11)13-9(8)3-4-12-10/h5-6H,3-4H2,1-2H3. The molecule has 1 aromatic rings. The Morgan fingerprint density at radius 3 is 3.00 bits per heavy atom. The molecule has 0 radical (unpaired) electrons. The molecular weight excluding hydrogens is 184 g/mol. The van der Waals surface area contributed by atoms with E-state index in [1.54, 1.807) is 11.3 Å². The van der Waals surface area contributed by atoms with Crippen LogP contribution in [0.15, 0.2) is 6.07 Å². The summed E-state index contributed by atoms with van der Waals surface area (Å²) in [6.07, 6.45) is 1.86. The molecule has 0 unspecified atom stereocenters. The van der Waals surface area contributed by atoms with Gasteiger partial charge in [-0.15, -0.1) is 11.3 Å². The summed E-state index contributed by atoms with van der Waals surface area (Å²) in [5.41, 5.74) is 0.969. The second-order valence-corrected chi connectivity index (χ2v) is 4.88. The molecule has 0 fully saturated rings. The van der Waals surface area contributed by atoms with Crippen LogP contribution in [0, 0.1) is 0 Å². The van der Waals surface area contributed by atoms with Gasteiger partial charge < -0.3 is 4.74 Å². The van der Waals surface area contributed by atoms with Gasteiger partial charge in [0.15, 0.2) is 6.29 Å². The first-order chi connectivity index (χ1) is 6.13. The van der Waals surface area contributed by atoms with Crippen molar-refractivity contribution < 1.29 is 9.53 Å². The summed E-state index contributed by atoms with van der Waals surface area (Å²) in [6.45, 7) is 4.86. The van der Waals surface area contributed by atoms with Crippen LogP contribution in [0.1, 0.15) is 34.0 Å². The highest BCUT2D eigenvalue weighted by atomic mass is 32.1. The Bertz CT molecular complexity index is 339. The number of ether oxygens (including phenoxy) is 1. The fraction of sp³-hybridized carbons (Fsp3) is 0.500. The Hall–Kier alpha value is -0.670. The SMILES string of the molecule is CC1(C)OCCc2sc(C=O)cc21. The van der Waals surface area contributed by atoms with Crippen LogP contribution >= 0.6 is 11.3 Å². The van der Waals surface area contributed by atoms with Crippen LogP contribution in [-0.4, -0.2) is 12.9 Å². The third-order valence-corrected chi connectivity index (χ3v) is 3.51. The first kappa shape index (κ1) is 8.91. The molecule has 0 atom stereocenters. The van der Waals surface area contributed by atoms with E-state index in [9.17, 15) is 4.79 Å². The van der Waals surface area contributed by atoms with E-state index >= 15 is 0 Å². The van der Waals surface area contributed by atoms with Gasteiger partial charge in [0.2, 0.25) is 0 Å². The van der Waals surface area contributed by atoms with Crippen LogP contribution in [0.5, 0.6) is 0 Å². The number of rotatable bonds is 1. The minimum absolute atomic E-state index is 0.217. The quantitative estimate of drug-likeness (QED) is 0.644. The lowest BCUT2D eigenvalue weighted by Crippen LogP contribution is -2.27. The molecule has 2 rings (SSSR count). The summed E-state index contributed by atoms with van der Waals surface area (Å²) >= 11 is 1.59. The highest BCUT2D eigenvalue weighted by Crippen LogP contribution is 2.36. The zero-order valence-electron chi connectivity index (χ0n) is 7.79. The normalized spacial score (nSPS) is 19.5. The highest BCUT2D eigenvalue weighted by Gasteiger charge is 2.30. The average molecular weight is 196 g/mol. The maximum Gasteiger partial charge on any atom is 0.160 e. The van der Waals surface area contributed by atoms with Crippen molar-refractivity contribution in [2.45, 2.75) is 25.9 Å². The van der Waals surface area contributed by atoms with Crippen LogP contribution in [0.4, 0.5) is 0 Å². The molecule has 0 spiro atoms. The van der Waals surface area contributed by atoms with Gasteiger partial charge in [-0.05, 0) is 25.5 Å². The second kappa shape index (κ2) is 2.93. The van der Waals surface area contributed by atoms with Crippen LogP contribution in [0.2, 0.25) is 0 Å². The molecule has 13 heavy (non-hydrogen) atoms. The molecular formula is C10H12O2S. The summed E-state index contributed by atoms with van der Waals surface area (Å²) in [5, 5.41) is 0. The smallest absolute Gasteiger partial charge is 0.160 e. The van der Waals surface area contributed by atoms with Gasteiger partial charge in [0.05, 0.1) is 17.1 Å². The molecule has 0 saturated carbocycles. The maximum absolute atomic E-state index is 10.6. The van der Waals surface area contributed by atoms with Gasteiger partial charge in [0.1, 0.15) is 0 Å². The molecule has 1 aliphatic rings. The third kappa shape index (κ3) is 1.42. The van der Waals surface area contributed by atoms with Crippen molar-refractivity contribution in [3.8, 4) is 0 Å². The predicted octanol–water partition coefficient (Wildman–Crippen LogP) is 2.37. The first-order valence-electron chi connectivity index (χ1n) is 4.36. The number of thiophene rings is 1. The summed E-state index contributed by atoms with van der Waals surface area (Å²) in [7, 11) is 0. The third-order valence-electron chi connectivity index (χ3n) is 2.38. The maximum atomic E-state index is 10.6. The summed E-state index contributed by atoms with van der Waals surface area (Å²) in [5.74, 6) is 0. The van der Waals surface area contributed by atoms with E-state index in [2.05, 4.69) is 0 Å². The van der Waals surface area contributed by atoms with Crippen molar-refractivity contribution in [3.05, 3.63) is 21.4 Å². The number of fused-ring (bicyclic) bond motifs is 1. The summed E-state index contributed by atoms with van der Waals surface area (Å²) in [6, 6.07) is 1.95. The van der Waals surface area contributed by atoms with E-state index in [1.165, 1.54) is 10.4 Å². The number of aldehydes is 1. The largest absolute Gasteiger partial charge is 0.370 e. The Balaban J connectivity index is 2.50. The van der Waals surface area contributed by atoms with Crippen LogP contribution < -0.4 is 0 Å². The highest BCUT2D eigenvalue weighted by molar-refractivity contribution is 7.13. The van der Waals surface area contributed by atoms with E-state index in [4.69, 9.17) is 4.74 Å². The molecule has 0 aromatic carbocycles. The number of hydrogen-bond donors (Lipinski definition) is 0. The molecule has 0 saturated heterocycles. The number of hydrogen-bond acceptors (Lipinski definition) is 3. The van der Waals surface area contributed by atoms with Gasteiger partial charge in [-0.3, -0.25) is 4.79 Å². The van der Waals surface area contributed by atoms with E-state index in [0.717, 1.165) is 24.2 Å². The molecule has 2 nitrogen and oxygen atoms in total. The van der Waals surface area contributed by atoms with Crippen molar-refractivity contribution in [1.29, 1.82) is 0 Å². The minimum Gasteiger partial charge on any atom is -0.370 e. The Morgan fingerprint density at radius 2 is 2.38 bits per heavy atom. The lowest BCUT2D eigenvalue weighted by molar-refractivity contribution is -0.0303. The van der Waals surface area contributed by atoms with Gasteiger partial charge in [0.25, 0.3) is 0 Å². The number of carbonyl (C=O) groups excluding carboxylic acids is 1. The van der Waals surface area contributed by atoms with Gasteiger partial charge in [-0.1, -0.05) is 0 Å². The number of carbonyl (C=O) groups is 1. The topological polar surface area (TPSA) is 26.3 Å². The Labute approximate surface area is 81.5 Å². The van der Waals surface area contributed by atoms with Crippen LogP contribution in [0.3, 0.4) is 0 Å². The van der Waals surface area contributed by atoms with Crippen LogP contribution in [0.25, 0.3) is 0 Å². The first-order valence-corrected chi connectivity index (χ1v) is 5.17. The van der Waals surface area contributed by atoms with Gasteiger partial charge in [-0.25, -0.2) is 0 Å². The van der Waals surface area contributed by atoms with Crippen molar-refractivity contribution in [1.82, 2.24) is 0 Å². The molecule has 70 valence electrons. The molecule has 1 aliphatic heterocycles. The lowest BCUT2D eigenvalue weighted by atomic mass is 9.95. The fourth-order valence-electron chi connectivity index (χ4n) is 1.68.